The maximum atomic E-state index is 11.1. The van der Waals surface area contributed by atoms with E-state index in [1.54, 1.807) is 12.1 Å². The number of aromatic hydroxyl groups is 1. The van der Waals surface area contributed by atoms with Gasteiger partial charge in [0, 0.05) is 16.7 Å². The van der Waals surface area contributed by atoms with Crippen LogP contribution in [0.15, 0.2) is 39.5 Å². The molecule has 0 amide bonds. The van der Waals surface area contributed by atoms with Gasteiger partial charge in [0.1, 0.15) is 11.5 Å². The fourth-order valence-corrected chi connectivity index (χ4v) is 1.79. The van der Waals surface area contributed by atoms with Gasteiger partial charge in [-0.3, -0.25) is 0 Å². The highest BCUT2D eigenvalue weighted by molar-refractivity contribution is 6.36. The molecule has 5 heteroatoms. The van der Waals surface area contributed by atoms with Gasteiger partial charge in [-0.2, -0.15) is 0 Å². The Labute approximate surface area is 101 Å². The van der Waals surface area contributed by atoms with Crippen molar-refractivity contribution in [3.63, 3.8) is 0 Å². The van der Waals surface area contributed by atoms with Gasteiger partial charge in [0.25, 0.3) is 0 Å². The molecule has 0 bridgehead atoms. The monoisotopic (exact) mass is 256 g/mol. The van der Waals surface area contributed by atoms with E-state index in [-0.39, 0.29) is 11.5 Å². The minimum atomic E-state index is -0.638. The van der Waals surface area contributed by atoms with E-state index < -0.39 is 5.63 Å². The molecular weight excluding hydrogens is 251 g/mol. The van der Waals surface area contributed by atoms with Gasteiger partial charge < -0.3 is 9.52 Å². The van der Waals surface area contributed by atoms with Crippen molar-refractivity contribution >= 4 is 23.2 Å². The molecule has 2 aromatic rings. The number of rotatable bonds is 1. The Morgan fingerprint density at radius 3 is 2.50 bits per heavy atom. The highest BCUT2D eigenvalue weighted by Crippen LogP contribution is 2.30. The Morgan fingerprint density at radius 1 is 1.12 bits per heavy atom. The highest BCUT2D eigenvalue weighted by Gasteiger charge is 2.08. The van der Waals surface area contributed by atoms with Gasteiger partial charge in [0.15, 0.2) is 0 Å². The lowest BCUT2D eigenvalue weighted by Gasteiger charge is -2.03. The molecule has 0 spiro atoms. The number of benzene rings is 1. The number of halogens is 2. The molecule has 3 nitrogen and oxygen atoms in total. The maximum absolute atomic E-state index is 11.1. The van der Waals surface area contributed by atoms with Crippen LogP contribution in [0.2, 0.25) is 10.0 Å². The Morgan fingerprint density at radius 2 is 1.88 bits per heavy atom. The fourth-order valence-electron chi connectivity index (χ4n) is 1.29. The average Bonchev–Trinajstić information content (AvgIpc) is 2.15. The van der Waals surface area contributed by atoms with Crippen LogP contribution in [0.3, 0.4) is 0 Å². The van der Waals surface area contributed by atoms with Gasteiger partial charge in [-0.25, -0.2) is 4.79 Å². The standard InChI is InChI=1S/C11H6Cl2O3/c12-6-1-2-8(9(13)3-6)10-4-7(14)5-11(15)16-10/h1-5,14H. The van der Waals surface area contributed by atoms with Gasteiger partial charge in [0.05, 0.1) is 11.1 Å². The minimum Gasteiger partial charge on any atom is -0.508 e. The first-order valence-corrected chi connectivity index (χ1v) is 5.11. The molecule has 0 saturated heterocycles. The second kappa shape index (κ2) is 4.20. The van der Waals surface area contributed by atoms with Gasteiger partial charge in [-0.1, -0.05) is 23.2 Å². The molecule has 0 aliphatic heterocycles. The Kier molecular flexibility index (Phi) is 2.90. The third kappa shape index (κ3) is 2.21. The lowest BCUT2D eigenvalue weighted by Crippen LogP contribution is -1.96. The summed E-state index contributed by atoms with van der Waals surface area (Å²) in [4.78, 5) is 11.1. The topological polar surface area (TPSA) is 50.4 Å². The molecule has 0 atom stereocenters. The predicted octanol–water partition coefficient (Wildman–Crippen LogP) is 3.32. The third-order valence-electron chi connectivity index (χ3n) is 1.95. The van der Waals surface area contributed by atoms with Crippen molar-refractivity contribution in [1.29, 1.82) is 0 Å². The zero-order valence-electron chi connectivity index (χ0n) is 7.91. The zero-order valence-corrected chi connectivity index (χ0v) is 9.42. The van der Waals surface area contributed by atoms with E-state index in [2.05, 4.69) is 0 Å². The molecule has 0 fully saturated rings. The molecule has 0 radical (unpaired) electrons. The van der Waals surface area contributed by atoms with E-state index in [4.69, 9.17) is 27.6 Å². The zero-order chi connectivity index (χ0) is 11.7. The first kappa shape index (κ1) is 11.0. The van der Waals surface area contributed by atoms with Crippen LogP contribution in [-0.4, -0.2) is 5.11 Å². The molecule has 0 saturated carbocycles. The summed E-state index contributed by atoms with van der Waals surface area (Å²) in [7, 11) is 0. The third-order valence-corrected chi connectivity index (χ3v) is 2.50. The van der Waals surface area contributed by atoms with Crippen molar-refractivity contribution in [2.24, 2.45) is 0 Å². The van der Waals surface area contributed by atoms with Crippen molar-refractivity contribution in [1.82, 2.24) is 0 Å². The average molecular weight is 257 g/mol. The van der Waals surface area contributed by atoms with Crippen LogP contribution in [-0.2, 0) is 0 Å². The van der Waals surface area contributed by atoms with Crippen LogP contribution < -0.4 is 5.63 Å². The molecule has 1 N–H and O–H groups in total. The van der Waals surface area contributed by atoms with E-state index >= 15 is 0 Å². The van der Waals surface area contributed by atoms with Crippen molar-refractivity contribution in [2.75, 3.05) is 0 Å². The second-order valence-electron chi connectivity index (χ2n) is 3.12. The Balaban J connectivity index is 2.63. The van der Waals surface area contributed by atoms with Gasteiger partial charge in [-0.15, -0.1) is 0 Å². The molecule has 1 aromatic heterocycles. The van der Waals surface area contributed by atoms with E-state index in [1.165, 1.54) is 12.1 Å². The predicted molar refractivity (Wildman–Crippen MR) is 62.1 cm³/mol. The summed E-state index contributed by atoms with van der Waals surface area (Å²) in [5.74, 6) is 0.0314. The summed E-state index contributed by atoms with van der Waals surface area (Å²) in [6.07, 6.45) is 0. The van der Waals surface area contributed by atoms with Crippen LogP contribution in [0.25, 0.3) is 11.3 Å². The summed E-state index contributed by atoms with van der Waals surface area (Å²) in [6.45, 7) is 0. The summed E-state index contributed by atoms with van der Waals surface area (Å²) in [5, 5.41) is 10.1. The minimum absolute atomic E-state index is 0.169. The first-order valence-electron chi connectivity index (χ1n) is 4.36. The molecule has 0 aliphatic carbocycles. The van der Waals surface area contributed by atoms with E-state index in [9.17, 15) is 9.90 Å². The summed E-state index contributed by atoms with van der Waals surface area (Å²) in [6, 6.07) is 7.06. The Hall–Kier alpha value is -1.45. The van der Waals surface area contributed by atoms with Gasteiger partial charge >= 0.3 is 5.63 Å². The molecule has 82 valence electrons. The van der Waals surface area contributed by atoms with Crippen molar-refractivity contribution in [2.45, 2.75) is 0 Å². The van der Waals surface area contributed by atoms with Gasteiger partial charge in [-0.05, 0) is 18.2 Å². The summed E-state index contributed by atoms with van der Waals surface area (Å²) in [5.41, 5.74) is -0.139. The van der Waals surface area contributed by atoms with Crippen LogP contribution in [0.1, 0.15) is 0 Å². The van der Waals surface area contributed by atoms with Crippen molar-refractivity contribution < 1.29 is 9.52 Å². The lowest BCUT2D eigenvalue weighted by atomic mass is 10.1. The highest BCUT2D eigenvalue weighted by atomic mass is 35.5. The van der Waals surface area contributed by atoms with Crippen LogP contribution in [0.5, 0.6) is 5.75 Å². The molecular formula is C11H6Cl2O3. The molecule has 1 heterocycles. The summed E-state index contributed by atoms with van der Waals surface area (Å²) < 4.78 is 4.92. The molecule has 16 heavy (non-hydrogen) atoms. The van der Waals surface area contributed by atoms with Crippen molar-refractivity contribution in [3.05, 3.63) is 50.8 Å². The first-order chi connectivity index (χ1) is 7.56. The van der Waals surface area contributed by atoms with Crippen LogP contribution in [0.4, 0.5) is 0 Å². The Bertz CT molecular complexity index is 590. The molecule has 0 unspecified atom stereocenters. The lowest BCUT2D eigenvalue weighted by molar-refractivity contribution is 0.453. The maximum Gasteiger partial charge on any atom is 0.339 e. The van der Waals surface area contributed by atoms with Crippen molar-refractivity contribution in [3.8, 4) is 17.1 Å². The van der Waals surface area contributed by atoms with Gasteiger partial charge in [0.2, 0.25) is 0 Å². The smallest absolute Gasteiger partial charge is 0.339 e. The summed E-state index contributed by atoms with van der Waals surface area (Å²) >= 11 is 11.7. The molecule has 0 aliphatic rings. The van der Waals surface area contributed by atoms with E-state index in [1.807, 2.05) is 0 Å². The van der Waals surface area contributed by atoms with Crippen LogP contribution >= 0.6 is 23.2 Å². The largest absolute Gasteiger partial charge is 0.508 e. The van der Waals surface area contributed by atoms with E-state index in [0.717, 1.165) is 6.07 Å². The second-order valence-corrected chi connectivity index (χ2v) is 3.97. The normalized spacial score (nSPS) is 10.4. The SMILES string of the molecule is O=c1cc(O)cc(-c2ccc(Cl)cc2Cl)o1. The molecule has 1 aromatic carbocycles. The quantitative estimate of drug-likeness (QED) is 0.852. The molecule has 2 rings (SSSR count). The fraction of sp³-hybridized carbons (Fsp3) is 0. The number of hydrogen-bond donors (Lipinski definition) is 1. The number of hydrogen-bond acceptors (Lipinski definition) is 3. The van der Waals surface area contributed by atoms with Crippen LogP contribution in [0, 0.1) is 0 Å². The van der Waals surface area contributed by atoms with E-state index in [0.29, 0.717) is 15.6 Å².